The van der Waals surface area contributed by atoms with Crippen LogP contribution in [0, 0.1) is 12.7 Å². The Bertz CT molecular complexity index is 667. The number of fused-ring (bicyclic) bond motifs is 1. The van der Waals surface area contributed by atoms with E-state index in [-0.39, 0.29) is 5.82 Å². The van der Waals surface area contributed by atoms with Crippen LogP contribution < -0.4 is 0 Å². The van der Waals surface area contributed by atoms with Crippen molar-refractivity contribution in [3.8, 4) is 0 Å². The smallest absolute Gasteiger partial charge is 0.242 e. The first kappa shape index (κ1) is 14.8. The molecule has 0 fully saturated rings. The molecule has 0 bridgehead atoms. The average Bonchev–Trinajstić information content (AvgIpc) is 2.59. The van der Waals surface area contributed by atoms with Gasteiger partial charge in [-0.2, -0.15) is 0 Å². The van der Waals surface area contributed by atoms with E-state index in [1.807, 2.05) is 13.0 Å². The van der Waals surface area contributed by atoms with Crippen LogP contribution in [0.4, 0.5) is 4.39 Å². The highest BCUT2D eigenvalue weighted by Gasteiger charge is 2.22. The third-order valence-corrected chi connectivity index (χ3v) is 4.15. The standard InChI is InChI=1S/C16H22FNOSi/c1-7-18-15-10-13(17)8-9-14(15)11(2)16(18)12(3)19-20(4,5)6/h8-10H,3,7H2,1-2,4-6H3. The van der Waals surface area contributed by atoms with E-state index in [0.29, 0.717) is 5.76 Å². The summed E-state index contributed by atoms with van der Waals surface area (Å²) in [5, 5.41) is 1.06. The molecule has 1 aromatic carbocycles. The molecule has 0 saturated heterocycles. The Balaban J connectivity index is 2.64. The molecule has 2 rings (SSSR count). The van der Waals surface area contributed by atoms with Crippen LogP contribution in [-0.2, 0) is 11.0 Å². The number of nitrogens with zero attached hydrogens (tertiary/aromatic N) is 1. The summed E-state index contributed by atoms with van der Waals surface area (Å²) in [6.07, 6.45) is 0. The summed E-state index contributed by atoms with van der Waals surface area (Å²) < 4.78 is 21.6. The Kier molecular flexibility index (Phi) is 3.78. The van der Waals surface area contributed by atoms with Crippen LogP contribution in [0.5, 0.6) is 0 Å². The van der Waals surface area contributed by atoms with E-state index >= 15 is 0 Å². The maximum Gasteiger partial charge on any atom is 0.242 e. The fourth-order valence-electron chi connectivity index (χ4n) is 2.60. The average molecular weight is 291 g/mol. The summed E-state index contributed by atoms with van der Waals surface area (Å²) in [4.78, 5) is 0. The third kappa shape index (κ3) is 2.65. The number of aryl methyl sites for hydroxylation is 2. The van der Waals surface area contributed by atoms with Crippen molar-refractivity contribution >= 4 is 25.0 Å². The molecule has 4 heteroatoms. The molecular weight excluding hydrogens is 269 g/mol. The van der Waals surface area contributed by atoms with Gasteiger partial charge >= 0.3 is 0 Å². The first-order valence-corrected chi connectivity index (χ1v) is 10.3. The van der Waals surface area contributed by atoms with E-state index in [1.54, 1.807) is 6.07 Å². The fraction of sp³-hybridized carbons (Fsp3) is 0.375. The number of rotatable bonds is 4. The Morgan fingerprint density at radius 3 is 2.55 bits per heavy atom. The zero-order chi connectivity index (χ0) is 15.1. The number of hydrogen-bond donors (Lipinski definition) is 0. The normalized spacial score (nSPS) is 11.9. The first-order chi connectivity index (χ1) is 9.24. The number of aromatic nitrogens is 1. The van der Waals surface area contributed by atoms with Gasteiger partial charge in [0.05, 0.1) is 11.2 Å². The first-order valence-electron chi connectivity index (χ1n) is 6.91. The maximum absolute atomic E-state index is 13.5. The Labute approximate surface area is 121 Å². The van der Waals surface area contributed by atoms with Gasteiger partial charge in [-0.3, -0.25) is 0 Å². The molecule has 0 saturated carbocycles. The molecule has 108 valence electrons. The molecule has 1 aromatic heterocycles. The van der Waals surface area contributed by atoms with E-state index in [1.165, 1.54) is 6.07 Å². The lowest BCUT2D eigenvalue weighted by Crippen LogP contribution is -2.24. The number of hydrogen-bond acceptors (Lipinski definition) is 1. The lowest BCUT2D eigenvalue weighted by atomic mass is 10.1. The van der Waals surface area contributed by atoms with Crippen LogP contribution in [0.1, 0.15) is 18.2 Å². The van der Waals surface area contributed by atoms with E-state index in [9.17, 15) is 4.39 Å². The molecule has 0 aliphatic rings. The second-order valence-electron chi connectivity index (χ2n) is 6.02. The second-order valence-corrected chi connectivity index (χ2v) is 10.4. The van der Waals surface area contributed by atoms with E-state index in [0.717, 1.165) is 28.7 Å². The SMILES string of the molecule is C=C(O[Si](C)(C)C)c1c(C)c2ccc(F)cc2n1CC. The molecule has 0 aliphatic carbocycles. The van der Waals surface area contributed by atoms with Gasteiger partial charge < -0.3 is 8.99 Å². The highest BCUT2D eigenvalue weighted by molar-refractivity contribution is 6.70. The predicted octanol–water partition coefficient (Wildman–Crippen LogP) is 4.93. The van der Waals surface area contributed by atoms with Crippen LogP contribution in [0.25, 0.3) is 16.7 Å². The number of halogens is 1. The summed E-state index contributed by atoms with van der Waals surface area (Å²) in [7, 11) is -1.71. The third-order valence-electron chi connectivity index (χ3n) is 3.29. The molecule has 0 N–H and O–H groups in total. The Morgan fingerprint density at radius 1 is 1.35 bits per heavy atom. The summed E-state index contributed by atoms with van der Waals surface area (Å²) in [5.41, 5.74) is 2.99. The van der Waals surface area contributed by atoms with Gasteiger partial charge in [-0.05, 0) is 57.3 Å². The van der Waals surface area contributed by atoms with Crippen LogP contribution in [0.15, 0.2) is 24.8 Å². The van der Waals surface area contributed by atoms with Crippen molar-refractivity contribution in [1.82, 2.24) is 4.57 Å². The van der Waals surface area contributed by atoms with Gasteiger partial charge in [0, 0.05) is 11.9 Å². The van der Waals surface area contributed by atoms with Gasteiger partial charge in [0.1, 0.15) is 11.6 Å². The van der Waals surface area contributed by atoms with Gasteiger partial charge in [-0.15, -0.1) is 0 Å². The summed E-state index contributed by atoms with van der Waals surface area (Å²) in [6.45, 7) is 15.3. The van der Waals surface area contributed by atoms with Crippen LogP contribution >= 0.6 is 0 Å². The quantitative estimate of drug-likeness (QED) is 0.575. The van der Waals surface area contributed by atoms with Crippen molar-refractivity contribution in [1.29, 1.82) is 0 Å². The van der Waals surface area contributed by atoms with Gasteiger partial charge in [0.15, 0.2) is 0 Å². The van der Waals surface area contributed by atoms with Crippen molar-refractivity contribution < 1.29 is 8.82 Å². The molecule has 2 aromatic rings. The van der Waals surface area contributed by atoms with E-state index in [4.69, 9.17) is 4.43 Å². The lowest BCUT2D eigenvalue weighted by molar-refractivity contribution is 0.507. The van der Waals surface area contributed by atoms with Gasteiger partial charge in [0.2, 0.25) is 8.32 Å². The van der Waals surface area contributed by atoms with Crippen molar-refractivity contribution in [2.45, 2.75) is 40.0 Å². The van der Waals surface area contributed by atoms with E-state index in [2.05, 4.69) is 37.7 Å². The van der Waals surface area contributed by atoms with Crippen molar-refractivity contribution in [3.05, 3.63) is 41.9 Å². The zero-order valence-corrected chi connectivity index (χ0v) is 13.9. The molecule has 1 heterocycles. The topological polar surface area (TPSA) is 14.2 Å². The lowest BCUT2D eigenvalue weighted by Gasteiger charge is -2.22. The Hall–Kier alpha value is -1.55. The predicted molar refractivity (Wildman–Crippen MR) is 85.8 cm³/mol. The summed E-state index contributed by atoms with van der Waals surface area (Å²) in [6, 6.07) is 4.91. The monoisotopic (exact) mass is 291 g/mol. The second kappa shape index (κ2) is 5.09. The van der Waals surface area contributed by atoms with Gasteiger partial charge in [-0.1, -0.05) is 6.58 Å². The highest BCUT2D eigenvalue weighted by atomic mass is 28.4. The molecule has 0 atom stereocenters. The van der Waals surface area contributed by atoms with Crippen LogP contribution in [-0.4, -0.2) is 12.9 Å². The molecule has 0 amide bonds. The highest BCUT2D eigenvalue weighted by Crippen LogP contribution is 2.32. The molecule has 20 heavy (non-hydrogen) atoms. The Morgan fingerprint density at radius 2 is 2.00 bits per heavy atom. The molecular formula is C16H22FNOSi. The minimum atomic E-state index is -1.71. The number of benzene rings is 1. The summed E-state index contributed by atoms with van der Waals surface area (Å²) in [5.74, 6) is 0.480. The summed E-state index contributed by atoms with van der Waals surface area (Å²) >= 11 is 0. The minimum absolute atomic E-state index is 0.215. The molecule has 0 unspecified atom stereocenters. The van der Waals surface area contributed by atoms with Crippen molar-refractivity contribution in [2.75, 3.05) is 0 Å². The molecule has 2 nitrogen and oxygen atoms in total. The molecule has 0 spiro atoms. The fourth-order valence-corrected chi connectivity index (χ4v) is 3.44. The van der Waals surface area contributed by atoms with Crippen molar-refractivity contribution in [3.63, 3.8) is 0 Å². The largest absolute Gasteiger partial charge is 0.543 e. The van der Waals surface area contributed by atoms with Gasteiger partial charge in [-0.25, -0.2) is 4.39 Å². The molecule has 0 aliphatic heterocycles. The molecule has 0 radical (unpaired) electrons. The van der Waals surface area contributed by atoms with E-state index < -0.39 is 8.32 Å². The maximum atomic E-state index is 13.5. The van der Waals surface area contributed by atoms with Crippen LogP contribution in [0.3, 0.4) is 0 Å². The van der Waals surface area contributed by atoms with Gasteiger partial charge in [0.25, 0.3) is 0 Å². The van der Waals surface area contributed by atoms with Crippen molar-refractivity contribution in [2.24, 2.45) is 0 Å². The minimum Gasteiger partial charge on any atom is -0.543 e. The van der Waals surface area contributed by atoms with Crippen LogP contribution in [0.2, 0.25) is 19.6 Å². The zero-order valence-electron chi connectivity index (χ0n) is 12.9.